The molecule has 0 radical (unpaired) electrons. The van der Waals surface area contributed by atoms with Gasteiger partial charge in [-0.05, 0) is 142 Å². The zero-order valence-electron chi connectivity index (χ0n) is 31.3. The summed E-state index contributed by atoms with van der Waals surface area (Å²) in [7, 11) is 0. The average molecular weight is 753 g/mol. The van der Waals surface area contributed by atoms with E-state index in [1.807, 2.05) is 17.4 Å². The molecule has 0 saturated heterocycles. The SMILES string of the molecule is c1ccc2cc(-c3c4ccccc4c(-c4ccc5cc(-c6ccc7cc8c(cc7c6)sc6c8ccc7oc8ccccc8c76)ccc5c4)c4ccccc34)ccc2c1. The van der Waals surface area contributed by atoms with Crippen LogP contribution in [0.3, 0.4) is 0 Å². The predicted molar refractivity (Wildman–Crippen MR) is 250 cm³/mol. The van der Waals surface area contributed by atoms with Crippen LogP contribution in [-0.2, 0) is 0 Å². The Bertz CT molecular complexity index is 3810. The number of fused-ring (bicyclic) bond motifs is 12. The molecule has 0 N–H and O–H groups in total. The van der Waals surface area contributed by atoms with Crippen LogP contribution >= 0.6 is 11.3 Å². The second-order valence-corrected chi connectivity index (χ2v) is 16.7. The Kier molecular flexibility index (Phi) is 6.66. The topological polar surface area (TPSA) is 13.1 Å². The number of benzene rings is 11. The minimum Gasteiger partial charge on any atom is -0.456 e. The number of para-hydroxylation sites is 1. The van der Waals surface area contributed by atoms with E-state index >= 15 is 0 Å². The number of furan rings is 1. The van der Waals surface area contributed by atoms with E-state index in [1.54, 1.807) is 0 Å². The molecule has 1 nitrogen and oxygen atoms in total. The van der Waals surface area contributed by atoms with Crippen molar-refractivity contribution in [2.24, 2.45) is 0 Å². The molecule has 0 bridgehead atoms. The predicted octanol–water partition coefficient (Wildman–Crippen LogP) is 16.7. The molecule has 0 aliphatic rings. The van der Waals surface area contributed by atoms with Gasteiger partial charge in [0.15, 0.2) is 0 Å². The van der Waals surface area contributed by atoms with E-state index in [1.165, 1.54) is 118 Å². The lowest BCUT2D eigenvalue weighted by molar-refractivity contribution is 0.669. The second kappa shape index (κ2) is 12.1. The third-order valence-electron chi connectivity index (χ3n) is 12.4. The average Bonchev–Trinajstić information content (AvgIpc) is 3.84. The lowest BCUT2D eigenvalue weighted by Crippen LogP contribution is -1.91. The number of rotatable bonds is 3. The molecule has 0 fully saturated rings. The third kappa shape index (κ3) is 4.70. The van der Waals surface area contributed by atoms with Crippen LogP contribution in [0.5, 0.6) is 0 Å². The Morgan fingerprint density at radius 2 is 0.776 bits per heavy atom. The van der Waals surface area contributed by atoms with Gasteiger partial charge in [0.2, 0.25) is 0 Å². The maximum absolute atomic E-state index is 6.23. The van der Waals surface area contributed by atoms with Crippen LogP contribution in [0.15, 0.2) is 199 Å². The molecule has 268 valence electrons. The molecule has 13 aromatic rings. The molecule has 13 rings (SSSR count). The number of thiophene rings is 1. The number of hydrogen-bond donors (Lipinski definition) is 0. The van der Waals surface area contributed by atoms with Crippen molar-refractivity contribution in [2.75, 3.05) is 0 Å². The Balaban J connectivity index is 0.918. The maximum Gasteiger partial charge on any atom is 0.136 e. The van der Waals surface area contributed by atoms with Gasteiger partial charge in [-0.1, -0.05) is 140 Å². The van der Waals surface area contributed by atoms with Gasteiger partial charge in [-0.15, -0.1) is 11.3 Å². The summed E-state index contributed by atoms with van der Waals surface area (Å²) in [5.74, 6) is 0. The monoisotopic (exact) mass is 752 g/mol. The van der Waals surface area contributed by atoms with Crippen molar-refractivity contribution in [2.45, 2.75) is 0 Å². The van der Waals surface area contributed by atoms with Crippen LogP contribution in [0.1, 0.15) is 0 Å². The first-order valence-electron chi connectivity index (χ1n) is 19.9. The van der Waals surface area contributed by atoms with E-state index < -0.39 is 0 Å². The minimum atomic E-state index is 0.942. The molecule has 0 saturated carbocycles. The smallest absolute Gasteiger partial charge is 0.136 e. The molecule has 0 aliphatic heterocycles. The molecule has 0 unspecified atom stereocenters. The van der Waals surface area contributed by atoms with E-state index in [0.29, 0.717) is 0 Å². The van der Waals surface area contributed by atoms with Gasteiger partial charge in [0.05, 0.1) is 0 Å². The fourth-order valence-electron chi connectivity index (χ4n) is 9.64. The van der Waals surface area contributed by atoms with Crippen molar-refractivity contribution in [3.63, 3.8) is 0 Å². The third-order valence-corrected chi connectivity index (χ3v) is 13.6. The summed E-state index contributed by atoms with van der Waals surface area (Å²) in [5, 5.41) is 17.6. The molecule has 58 heavy (non-hydrogen) atoms. The van der Waals surface area contributed by atoms with Crippen LogP contribution in [0, 0.1) is 0 Å². The van der Waals surface area contributed by atoms with E-state index in [2.05, 4.69) is 188 Å². The summed E-state index contributed by atoms with van der Waals surface area (Å²) >= 11 is 1.87. The Morgan fingerprint density at radius 3 is 1.43 bits per heavy atom. The van der Waals surface area contributed by atoms with Gasteiger partial charge in [0.25, 0.3) is 0 Å². The molecule has 0 spiro atoms. The van der Waals surface area contributed by atoms with Gasteiger partial charge in [-0.3, -0.25) is 0 Å². The van der Waals surface area contributed by atoms with Crippen LogP contribution in [0.4, 0.5) is 0 Å². The zero-order valence-corrected chi connectivity index (χ0v) is 32.1. The summed E-state index contributed by atoms with van der Waals surface area (Å²) < 4.78 is 8.82. The first-order valence-corrected chi connectivity index (χ1v) is 20.7. The molecule has 2 aromatic heterocycles. The normalized spacial score (nSPS) is 12.1. The zero-order chi connectivity index (χ0) is 37.9. The van der Waals surface area contributed by atoms with Gasteiger partial charge in [0.1, 0.15) is 11.2 Å². The van der Waals surface area contributed by atoms with Crippen LogP contribution in [0.25, 0.3) is 129 Å². The molecule has 2 heterocycles. The largest absolute Gasteiger partial charge is 0.456 e. The highest BCUT2D eigenvalue weighted by molar-refractivity contribution is 7.26. The summed E-state index contributed by atoms with van der Waals surface area (Å²) in [6, 6.07) is 71.7. The van der Waals surface area contributed by atoms with Crippen molar-refractivity contribution in [3.8, 4) is 33.4 Å². The molecular formula is C56H32OS. The Hall–Kier alpha value is -7.26. The highest BCUT2D eigenvalue weighted by Gasteiger charge is 2.18. The standard InChI is InChI=1S/C56H32OS/c1-2-10-34-28-40(23-17-33(34)9-1)53-43-11-3-5-13-45(43)54(46-14-6-4-12-44(46)53)41-24-22-36-27-35(18-19-37(36)29-41)38-20-21-39-31-49-47-25-26-51-55(48-15-7-8-16-50(48)57-51)56(47)58-52(49)32-42(39)30-38/h1-32H. The fourth-order valence-corrected chi connectivity index (χ4v) is 10.9. The maximum atomic E-state index is 6.23. The molecule has 0 amide bonds. The molecule has 0 aliphatic carbocycles. The molecular weight excluding hydrogens is 721 g/mol. The highest BCUT2D eigenvalue weighted by Crippen LogP contribution is 2.46. The van der Waals surface area contributed by atoms with Crippen molar-refractivity contribution < 1.29 is 4.42 Å². The van der Waals surface area contributed by atoms with E-state index in [-0.39, 0.29) is 0 Å². The van der Waals surface area contributed by atoms with E-state index in [9.17, 15) is 0 Å². The van der Waals surface area contributed by atoms with E-state index in [4.69, 9.17) is 4.42 Å². The van der Waals surface area contributed by atoms with Crippen LogP contribution < -0.4 is 0 Å². The molecule has 0 atom stereocenters. The van der Waals surface area contributed by atoms with E-state index in [0.717, 1.165) is 11.2 Å². The summed E-state index contributed by atoms with van der Waals surface area (Å²) in [6.45, 7) is 0. The van der Waals surface area contributed by atoms with Gasteiger partial charge >= 0.3 is 0 Å². The Labute approximate surface area is 337 Å². The second-order valence-electron chi connectivity index (χ2n) is 15.6. The van der Waals surface area contributed by atoms with Crippen molar-refractivity contribution >= 4 is 107 Å². The van der Waals surface area contributed by atoms with Crippen LogP contribution in [-0.4, -0.2) is 0 Å². The van der Waals surface area contributed by atoms with Crippen LogP contribution in [0.2, 0.25) is 0 Å². The fraction of sp³-hybridized carbons (Fsp3) is 0. The van der Waals surface area contributed by atoms with Crippen molar-refractivity contribution in [3.05, 3.63) is 194 Å². The first kappa shape index (κ1) is 31.9. The van der Waals surface area contributed by atoms with Gasteiger partial charge in [0, 0.05) is 30.9 Å². The van der Waals surface area contributed by atoms with Gasteiger partial charge < -0.3 is 4.42 Å². The van der Waals surface area contributed by atoms with Gasteiger partial charge in [-0.25, -0.2) is 0 Å². The highest BCUT2D eigenvalue weighted by atomic mass is 32.1. The summed E-state index contributed by atoms with van der Waals surface area (Å²) in [6.07, 6.45) is 0. The summed E-state index contributed by atoms with van der Waals surface area (Å²) in [4.78, 5) is 0. The lowest BCUT2D eigenvalue weighted by atomic mass is 9.85. The lowest BCUT2D eigenvalue weighted by Gasteiger charge is -2.18. The summed E-state index contributed by atoms with van der Waals surface area (Å²) in [5.41, 5.74) is 9.39. The van der Waals surface area contributed by atoms with Crippen molar-refractivity contribution in [1.29, 1.82) is 0 Å². The number of hydrogen-bond acceptors (Lipinski definition) is 2. The Morgan fingerprint density at radius 1 is 0.293 bits per heavy atom. The molecule has 2 heteroatoms. The first-order chi connectivity index (χ1) is 28.7. The minimum absolute atomic E-state index is 0.942. The quantitative estimate of drug-likeness (QED) is 0.164. The van der Waals surface area contributed by atoms with Gasteiger partial charge in [-0.2, -0.15) is 0 Å². The molecule has 11 aromatic carbocycles. The van der Waals surface area contributed by atoms with Crippen molar-refractivity contribution in [1.82, 2.24) is 0 Å².